The van der Waals surface area contributed by atoms with Crippen molar-refractivity contribution in [1.82, 2.24) is 0 Å². The number of benzene rings is 1. The van der Waals surface area contributed by atoms with E-state index in [-0.39, 0.29) is 12.5 Å². The third-order valence-corrected chi connectivity index (χ3v) is 3.65. The minimum atomic E-state index is 0.0631. The number of aliphatic hydroxyl groups excluding tert-OH is 1. The number of hydrogen-bond donors (Lipinski definition) is 1. The van der Waals surface area contributed by atoms with Gasteiger partial charge in [0.15, 0.2) is 0 Å². The fourth-order valence-corrected chi connectivity index (χ4v) is 2.31. The monoisotopic (exact) mass is 252 g/mol. The van der Waals surface area contributed by atoms with E-state index in [9.17, 15) is 5.11 Å². The Kier molecular flexibility index (Phi) is 5.03. The summed E-state index contributed by atoms with van der Waals surface area (Å²) in [6.45, 7) is 8.35. The average Bonchev–Trinajstić information content (AvgIpc) is 2.34. The molecule has 1 unspecified atom stereocenters. The molecule has 1 aromatic carbocycles. The van der Waals surface area contributed by atoms with Crippen molar-refractivity contribution < 1.29 is 14.6 Å². The number of ether oxygens (including phenoxy) is 2. The Morgan fingerprint density at radius 2 is 1.72 bits per heavy atom. The molecule has 1 aromatic rings. The molecular formula is C15H24O3. The van der Waals surface area contributed by atoms with E-state index in [1.54, 1.807) is 14.2 Å². The highest BCUT2D eigenvalue weighted by molar-refractivity contribution is 5.54. The molecule has 1 N–H and O–H groups in total. The molecule has 0 spiro atoms. The fourth-order valence-electron chi connectivity index (χ4n) is 2.31. The minimum absolute atomic E-state index is 0.0631. The van der Waals surface area contributed by atoms with Crippen LogP contribution in [-0.2, 0) is 0 Å². The predicted molar refractivity (Wildman–Crippen MR) is 73.7 cm³/mol. The topological polar surface area (TPSA) is 38.7 Å². The van der Waals surface area contributed by atoms with Gasteiger partial charge in [-0.05, 0) is 37.0 Å². The molecule has 1 atom stereocenters. The Bertz CT molecular complexity index is 411. The lowest BCUT2D eigenvalue weighted by Gasteiger charge is -2.24. The van der Waals surface area contributed by atoms with Gasteiger partial charge in [-0.25, -0.2) is 0 Å². The molecule has 0 bridgehead atoms. The Balaban J connectivity index is 3.45. The van der Waals surface area contributed by atoms with Crippen LogP contribution in [-0.4, -0.2) is 25.9 Å². The molecule has 0 aliphatic carbocycles. The highest BCUT2D eigenvalue weighted by atomic mass is 16.5. The second kappa shape index (κ2) is 6.10. The van der Waals surface area contributed by atoms with Crippen molar-refractivity contribution in [1.29, 1.82) is 0 Å². The van der Waals surface area contributed by atoms with E-state index in [1.165, 1.54) is 0 Å². The average molecular weight is 252 g/mol. The van der Waals surface area contributed by atoms with Gasteiger partial charge in [-0.1, -0.05) is 13.8 Å². The maximum absolute atomic E-state index is 9.60. The summed E-state index contributed by atoms with van der Waals surface area (Å²) in [5.74, 6) is 2.12. The molecule has 18 heavy (non-hydrogen) atoms. The summed E-state index contributed by atoms with van der Waals surface area (Å²) in [5, 5.41) is 9.60. The van der Waals surface area contributed by atoms with Crippen molar-refractivity contribution >= 4 is 0 Å². The van der Waals surface area contributed by atoms with Crippen molar-refractivity contribution in [2.45, 2.75) is 33.6 Å². The molecule has 0 saturated heterocycles. The van der Waals surface area contributed by atoms with E-state index in [0.717, 1.165) is 28.2 Å². The van der Waals surface area contributed by atoms with Crippen molar-refractivity contribution in [2.75, 3.05) is 20.8 Å². The van der Waals surface area contributed by atoms with Gasteiger partial charge in [0.25, 0.3) is 0 Å². The zero-order valence-corrected chi connectivity index (χ0v) is 12.2. The number of hydrogen-bond acceptors (Lipinski definition) is 3. The molecule has 0 saturated carbocycles. The van der Waals surface area contributed by atoms with Gasteiger partial charge in [0.05, 0.1) is 20.8 Å². The summed E-state index contributed by atoms with van der Waals surface area (Å²) in [7, 11) is 3.34. The molecule has 0 aromatic heterocycles. The Morgan fingerprint density at radius 3 is 2.11 bits per heavy atom. The van der Waals surface area contributed by atoms with Crippen LogP contribution < -0.4 is 9.47 Å². The lowest BCUT2D eigenvalue weighted by molar-refractivity contribution is 0.233. The first kappa shape index (κ1) is 14.8. The molecule has 3 nitrogen and oxygen atoms in total. The van der Waals surface area contributed by atoms with Crippen molar-refractivity contribution in [2.24, 2.45) is 5.92 Å². The van der Waals surface area contributed by atoms with Crippen LogP contribution in [0.2, 0.25) is 0 Å². The molecule has 0 aliphatic heterocycles. The molecule has 0 amide bonds. The highest BCUT2D eigenvalue weighted by Gasteiger charge is 2.23. The van der Waals surface area contributed by atoms with E-state index < -0.39 is 0 Å². The molecule has 0 radical (unpaired) electrons. The van der Waals surface area contributed by atoms with E-state index in [0.29, 0.717) is 5.92 Å². The second-order valence-electron chi connectivity index (χ2n) is 4.98. The third kappa shape index (κ3) is 2.61. The number of aliphatic hydroxyl groups is 1. The van der Waals surface area contributed by atoms with Gasteiger partial charge < -0.3 is 14.6 Å². The maximum Gasteiger partial charge on any atom is 0.125 e. The van der Waals surface area contributed by atoms with E-state index in [2.05, 4.69) is 13.8 Å². The predicted octanol–water partition coefficient (Wildman–Crippen LogP) is 3.05. The maximum atomic E-state index is 9.60. The van der Waals surface area contributed by atoms with E-state index in [4.69, 9.17) is 9.47 Å². The quantitative estimate of drug-likeness (QED) is 0.875. The first-order chi connectivity index (χ1) is 8.47. The van der Waals surface area contributed by atoms with Gasteiger partial charge in [-0.2, -0.15) is 0 Å². The standard InChI is InChI=1S/C15H24O3/c1-9(2)13(8-16)12-7-14(17-5)10(3)11(4)15(12)18-6/h7,9,13,16H,8H2,1-6H3. The lowest BCUT2D eigenvalue weighted by atomic mass is 9.86. The summed E-state index contributed by atoms with van der Waals surface area (Å²) in [5.41, 5.74) is 3.18. The second-order valence-corrected chi connectivity index (χ2v) is 4.98. The zero-order valence-electron chi connectivity index (χ0n) is 12.2. The summed E-state index contributed by atoms with van der Waals surface area (Å²) < 4.78 is 10.9. The largest absolute Gasteiger partial charge is 0.496 e. The molecular weight excluding hydrogens is 228 g/mol. The van der Waals surface area contributed by atoms with Crippen LogP contribution in [0.1, 0.15) is 36.5 Å². The summed E-state index contributed by atoms with van der Waals surface area (Å²) in [6.07, 6.45) is 0. The summed E-state index contributed by atoms with van der Waals surface area (Å²) >= 11 is 0. The van der Waals surface area contributed by atoms with Gasteiger partial charge in [0.1, 0.15) is 11.5 Å². The van der Waals surface area contributed by atoms with Gasteiger partial charge >= 0.3 is 0 Å². The van der Waals surface area contributed by atoms with Crippen LogP contribution in [0, 0.1) is 19.8 Å². The van der Waals surface area contributed by atoms with Crippen molar-refractivity contribution in [3.05, 3.63) is 22.8 Å². The first-order valence-corrected chi connectivity index (χ1v) is 6.30. The van der Waals surface area contributed by atoms with Crippen LogP contribution >= 0.6 is 0 Å². The number of methoxy groups -OCH3 is 2. The van der Waals surface area contributed by atoms with Gasteiger partial charge in [0, 0.05) is 11.5 Å². The Morgan fingerprint density at radius 1 is 1.11 bits per heavy atom. The van der Waals surface area contributed by atoms with Crippen LogP contribution in [0.4, 0.5) is 0 Å². The van der Waals surface area contributed by atoms with Gasteiger partial charge in [-0.15, -0.1) is 0 Å². The molecule has 0 aliphatic rings. The van der Waals surface area contributed by atoms with E-state index >= 15 is 0 Å². The lowest BCUT2D eigenvalue weighted by Crippen LogP contribution is -2.14. The van der Waals surface area contributed by atoms with Crippen LogP contribution in [0.15, 0.2) is 6.07 Å². The molecule has 0 heterocycles. The van der Waals surface area contributed by atoms with Crippen molar-refractivity contribution in [3.63, 3.8) is 0 Å². The fraction of sp³-hybridized carbons (Fsp3) is 0.600. The smallest absolute Gasteiger partial charge is 0.125 e. The summed E-state index contributed by atoms with van der Waals surface area (Å²) in [6, 6.07) is 1.99. The minimum Gasteiger partial charge on any atom is -0.496 e. The van der Waals surface area contributed by atoms with Crippen LogP contribution in [0.25, 0.3) is 0 Å². The van der Waals surface area contributed by atoms with Gasteiger partial charge in [0.2, 0.25) is 0 Å². The molecule has 0 fully saturated rings. The molecule has 102 valence electrons. The van der Waals surface area contributed by atoms with Crippen molar-refractivity contribution in [3.8, 4) is 11.5 Å². The normalized spacial score (nSPS) is 12.7. The Hall–Kier alpha value is -1.22. The Labute approximate surface area is 110 Å². The van der Waals surface area contributed by atoms with Crippen LogP contribution in [0.5, 0.6) is 11.5 Å². The SMILES string of the molecule is COc1cc(C(CO)C(C)C)c(OC)c(C)c1C. The number of rotatable bonds is 5. The van der Waals surface area contributed by atoms with Crippen LogP contribution in [0.3, 0.4) is 0 Å². The molecule has 1 rings (SSSR count). The highest BCUT2D eigenvalue weighted by Crippen LogP contribution is 2.39. The zero-order chi connectivity index (χ0) is 13.9. The first-order valence-electron chi connectivity index (χ1n) is 6.30. The van der Waals surface area contributed by atoms with E-state index in [1.807, 2.05) is 19.9 Å². The molecule has 3 heteroatoms. The third-order valence-electron chi connectivity index (χ3n) is 3.65. The van der Waals surface area contributed by atoms with Gasteiger partial charge in [-0.3, -0.25) is 0 Å². The summed E-state index contributed by atoms with van der Waals surface area (Å²) in [4.78, 5) is 0.